The van der Waals surface area contributed by atoms with E-state index in [0.717, 1.165) is 0 Å². The lowest BCUT2D eigenvalue weighted by atomic mass is 9.98. The topological polar surface area (TPSA) is 95.9 Å². The molecule has 1 aromatic carbocycles. The van der Waals surface area contributed by atoms with Gasteiger partial charge < -0.3 is 20.3 Å². The fourth-order valence-corrected chi connectivity index (χ4v) is 1.90. The zero-order chi connectivity index (χ0) is 16.9. The summed E-state index contributed by atoms with van der Waals surface area (Å²) < 4.78 is 5.12. The van der Waals surface area contributed by atoms with E-state index in [1.807, 2.05) is 0 Å². The van der Waals surface area contributed by atoms with Gasteiger partial charge in [-0.3, -0.25) is 0 Å². The van der Waals surface area contributed by atoms with Gasteiger partial charge in [-0.15, -0.1) is 0 Å². The van der Waals surface area contributed by atoms with Gasteiger partial charge in [0.25, 0.3) is 0 Å². The van der Waals surface area contributed by atoms with Crippen LogP contribution in [-0.2, 0) is 11.2 Å². The van der Waals surface area contributed by atoms with E-state index in [1.165, 1.54) is 6.07 Å². The van der Waals surface area contributed by atoms with E-state index >= 15 is 0 Å². The van der Waals surface area contributed by atoms with Gasteiger partial charge in [0.15, 0.2) is 0 Å². The minimum Gasteiger partial charge on any atom is -0.478 e. The minimum atomic E-state index is -1.05. The predicted octanol–water partition coefficient (Wildman–Crippen LogP) is 2.20. The van der Waals surface area contributed by atoms with E-state index in [2.05, 4.69) is 5.32 Å². The van der Waals surface area contributed by atoms with Crippen LogP contribution in [0.25, 0.3) is 0 Å². The van der Waals surface area contributed by atoms with Crippen LogP contribution in [0.2, 0.25) is 0 Å². The number of aliphatic hydroxyl groups is 1. The van der Waals surface area contributed by atoms with Crippen LogP contribution in [0, 0.1) is 0 Å². The van der Waals surface area contributed by atoms with Gasteiger partial charge in [-0.1, -0.05) is 18.2 Å². The molecule has 122 valence electrons. The smallest absolute Gasteiger partial charge is 0.407 e. The second-order valence-corrected chi connectivity index (χ2v) is 6.17. The van der Waals surface area contributed by atoms with Crippen LogP contribution in [0.15, 0.2) is 24.3 Å². The van der Waals surface area contributed by atoms with Crippen molar-refractivity contribution >= 4 is 12.1 Å². The molecule has 1 unspecified atom stereocenters. The van der Waals surface area contributed by atoms with Crippen molar-refractivity contribution in [3.63, 3.8) is 0 Å². The number of ether oxygens (including phenoxy) is 1. The highest BCUT2D eigenvalue weighted by Gasteiger charge is 2.22. The van der Waals surface area contributed by atoms with Crippen molar-refractivity contribution in [1.29, 1.82) is 0 Å². The number of aromatic carboxylic acids is 1. The number of carbonyl (C=O) groups is 2. The van der Waals surface area contributed by atoms with Gasteiger partial charge >= 0.3 is 12.1 Å². The van der Waals surface area contributed by atoms with E-state index in [1.54, 1.807) is 45.9 Å². The van der Waals surface area contributed by atoms with Crippen LogP contribution in [0.3, 0.4) is 0 Å². The maximum Gasteiger partial charge on any atom is 0.407 e. The third-order valence-corrected chi connectivity index (χ3v) is 3.00. The molecule has 0 aliphatic carbocycles. The van der Waals surface area contributed by atoms with Crippen molar-refractivity contribution < 1.29 is 24.5 Å². The van der Waals surface area contributed by atoms with Crippen molar-refractivity contribution in [3.05, 3.63) is 35.4 Å². The molecule has 1 amide bonds. The standard InChI is InChI=1S/C16H23NO5/c1-10(17-15(21)22-16(2,3)4)13(18)9-11-7-5-6-8-12(11)14(19)20/h5-8,10,13,18H,9H2,1-4H3,(H,17,21)(H,19,20)/t10-,13?/m0/s1. The molecule has 3 N–H and O–H groups in total. The number of rotatable bonds is 5. The number of amides is 1. The molecule has 0 saturated carbocycles. The second kappa shape index (κ2) is 7.26. The Morgan fingerprint density at radius 3 is 2.41 bits per heavy atom. The fraction of sp³-hybridized carbons (Fsp3) is 0.500. The number of carboxylic acids is 1. The van der Waals surface area contributed by atoms with Crippen LogP contribution < -0.4 is 5.32 Å². The Labute approximate surface area is 130 Å². The lowest BCUT2D eigenvalue weighted by Gasteiger charge is -2.24. The van der Waals surface area contributed by atoms with Crippen molar-refractivity contribution in [2.45, 2.75) is 51.9 Å². The summed E-state index contributed by atoms with van der Waals surface area (Å²) >= 11 is 0. The Balaban J connectivity index is 2.67. The van der Waals surface area contributed by atoms with Crippen LogP contribution in [-0.4, -0.2) is 40.0 Å². The first-order chi connectivity index (χ1) is 10.1. The second-order valence-electron chi connectivity index (χ2n) is 6.17. The van der Waals surface area contributed by atoms with Gasteiger partial charge in [-0.2, -0.15) is 0 Å². The number of nitrogens with one attached hydrogen (secondary N) is 1. The normalized spacial score (nSPS) is 14.0. The summed E-state index contributed by atoms with van der Waals surface area (Å²) in [7, 11) is 0. The molecule has 0 spiro atoms. The quantitative estimate of drug-likeness (QED) is 0.775. The third kappa shape index (κ3) is 5.73. The Bertz CT molecular complexity index is 536. The number of hydrogen-bond donors (Lipinski definition) is 3. The number of carboxylic acid groups (broad SMARTS) is 1. The van der Waals surface area contributed by atoms with Crippen LogP contribution in [0.4, 0.5) is 4.79 Å². The van der Waals surface area contributed by atoms with E-state index in [9.17, 15) is 14.7 Å². The molecule has 6 nitrogen and oxygen atoms in total. The molecule has 2 atom stereocenters. The van der Waals surface area contributed by atoms with Crippen molar-refractivity contribution in [1.82, 2.24) is 5.32 Å². The Morgan fingerprint density at radius 2 is 1.86 bits per heavy atom. The zero-order valence-corrected chi connectivity index (χ0v) is 13.3. The highest BCUT2D eigenvalue weighted by molar-refractivity contribution is 5.89. The molecule has 0 aromatic heterocycles. The summed E-state index contributed by atoms with van der Waals surface area (Å²) in [6.07, 6.45) is -1.42. The van der Waals surface area contributed by atoms with Crippen LogP contribution in [0.5, 0.6) is 0 Å². The number of aliphatic hydroxyl groups excluding tert-OH is 1. The molecule has 1 aromatic rings. The largest absolute Gasteiger partial charge is 0.478 e. The maximum atomic E-state index is 11.7. The van der Waals surface area contributed by atoms with Crippen molar-refractivity contribution in [2.24, 2.45) is 0 Å². The van der Waals surface area contributed by atoms with E-state index in [-0.39, 0.29) is 12.0 Å². The maximum absolute atomic E-state index is 11.7. The molecular weight excluding hydrogens is 286 g/mol. The molecule has 0 heterocycles. The summed E-state index contributed by atoms with van der Waals surface area (Å²) in [6.45, 7) is 6.88. The lowest BCUT2D eigenvalue weighted by molar-refractivity contribution is 0.0435. The average Bonchev–Trinajstić information content (AvgIpc) is 2.36. The molecule has 0 bridgehead atoms. The molecule has 0 fully saturated rings. The SMILES string of the molecule is C[C@H](NC(=O)OC(C)(C)C)C(O)Cc1ccccc1C(=O)O. The first kappa shape index (κ1) is 18.0. The summed E-state index contributed by atoms with van der Waals surface area (Å²) in [5.74, 6) is -1.05. The molecule has 6 heteroatoms. The Hall–Kier alpha value is -2.08. The highest BCUT2D eigenvalue weighted by Crippen LogP contribution is 2.13. The number of benzene rings is 1. The molecule has 0 radical (unpaired) electrons. The minimum absolute atomic E-state index is 0.124. The summed E-state index contributed by atoms with van der Waals surface area (Å²) in [5, 5.41) is 21.8. The Morgan fingerprint density at radius 1 is 1.27 bits per heavy atom. The number of alkyl carbamates (subject to hydrolysis) is 1. The summed E-state index contributed by atoms with van der Waals surface area (Å²) in [5.41, 5.74) is 0.0383. The predicted molar refractivity (Wildman–Crippen MR) is 81.9 cm³/mol. The van der Waals surface area contributed by atoms with Gasteiger partial charge in [0.2, 0.25) is 0 Å². The van der Waals surface area contributed by atoms with Gasteiger partial charge in [0.05, 0.1) is 17.7 Å². The van der Waals surface area contributed by atoms with E-state index in [4.69, 9.17) is 9.84 Å². The molecule has 0 aliphatic heterocycles. The first-order valence-electron chi connectivity index (χ1n) is 7.09. The zero-order valence-electron chi connectivity index (χ0n) is 13.3. The monoisotopic (exact) mass is 309 g/mol. The van der Waals surface area contributed by atoms with Crippen molar-refractivity contribution in [2.75, 3.05) is 0 Å². The van der Waals surface area contributed by atoms with Gasteiger partial charge in [-0.05, 0) is 39.3 Å². The molecular formula is C16H23NO5. The lowest BCUT2D eigenvalue weighted by Crippen LogP contribution is -2.44. The third-order valence-electron chi connectivity index (χ3n) is 3.00. The average molecular weight is 309 g/mol. The highest BCUT2D eigenvalue weighted by atomic mass is 16.6. The van der Waals surface area contributed by atoms with E-state index < -0.39 is 29.8 Å². The van der Waals surface area contributed by atoms with Crippen molar-refractivity contribution in [3.8, 4) is 0 Å². The van der Waals surface area contributed by atoms with Gasteiger partial charge in [0, 0.05) is 6.42 Å². The summed E-state index contributed by atoms with van der Waals surface area (Å²) in [4.78, 5) is 22.8. The van der Waals surface area contributed by atoms with Crippen LogP contribution >= 0.6 is 0 Å². The molecule has 22 heavy (non-hydrogen) atoms. The van der Waals surface area contributed by atoms with Gasteiger partial charge in [-0.25, -0.2) is 9.59 Å². The number of carbonyl (C=O) groups excluding carboxylic acids is 1. The Kier molecular flexibility index (Phi) is 5.93. The van der Waals surface area contributed by atoms with Crippen LogP contribution in [0.1, 0.15) is 43.6 Å². The van der Waals surface area contributed by atoms with Gasteiger partial charge in [0.1, 0.15) is 5.60 Å². The first-order valence-corrected chi connectivity index (χ1v) is 7.09. The molecule has 1 rings (SSSR count). The van der Waals surface area contributed by atoms with E-state index in [0.29, 0.717) is 5.56 Å². The summed E-state index contributed by atoms with van der Waals surface area (Å²) in [6, 6.07) is 5.89. The molecule has 0 aliphatic rings. The fourth-order valence-electron chi connectivity index (χ4n) is 1.90. The number of hydrogen-bond acceptors (Lipinski definition) is 4. The molecule has 0 saturated heterocycles.